The number of nitrogens with zero attached hydrogens (tertiary/aromatic N) is 3. The first kappa shape index (κ1) is 23.8. The number of halogens is 3. The Balaban J connectivity index is 1.51. The standard InChI is InChI=1S/C24H25F3N4O3S/c1-12(16-4-3-5-17(20(16)25)21(26)27)30-22-19-8-18(24(32)31(2)23(19)29-11-28-22)13-6-14-9-35(33,34)10-15(14)7-13/h3-5,8,11-15,21H,6-7,9-10H2,1-2H3,(H,28,29,30)/t12-,13?,14-,15+/m1/s1. The fraction of sp³-hybridized carbons (Fsp3) is 0.458. The van der Waals surface area contributed by atoms with Crippen molar-refractivity contribution >= 4 is 26.7 Å². The van der Waals surface area contributed by atoms with Gasteiger partial charge >= 0.3 is 0 Å². The zero-order valence-corrected chi connectivity index (χ0v) is 20.0. The second-order valence-electron chi connectivity index (χ2n) is 9.61. The molecule has 0 radical (unpaired) electrons. The van der Waals surface area contributed by atoms with E-state index in [4.69, 9.17) is 0 Å². The summed E-state index contributed by atoms with van der Waals surface area (Å²) in [5, 5.41) is 3.64. The largest absolute Gasteiger partial charge is 0.363 e. The molecule has 0 bridgehead atoms. The van der Waals surface area contributed by atoms with Crippen molar-refractivity contribution in [2.75, 3.05) is 16.8 Å². The van der Waals surface area contributed by atoms with Crippen molar-refractivity contribution in [2.45, 2.75) is 38.2 Å². The van der Waals surface area contributed by atoms with Crippen LogP contribution >= 0.6 is 0 Å². The molecule has 35 heavy (non-hydrogen) atoms. The van der Waals surface area contributed by atoms with Crippen molar-refractivity contribution in [1.29, 1.82) is 0 Å². The third-order valence-corrected chi connectivity index (χ3v) is 9.23. The molecule has 4 atom stereocenters. The van der Waals surface area contributed by atoms with Crippen LogP contribution in [0.15, 0.2) is 35.4 Å². The van der Waals surface area contributed by atoms with E-state index in [1.807, 2.05) is 0 Å². The van der Waals surface area contributed by atoms with Crippen molar-refractivity contribution in [3.05, 3.63) is 63.5 Å². The van der Waals surface area contributed by atoms with Gasteiger partial charge in [0.05, 0.1) is 28.5 Å². The number of aromatic nitrogens is 3. The summed E-state index contributed by atoms with van der Waals surface area (Å²) in [6, 6.07) is 4.92. The van der Waals surface area contributed by atoms with Crippen molar-refractivity contribution < 1.29 is 21.6 Å². The van der Waals surface area contributed by atoms with Crippen LogP contribution in [0.4, 0.5) is 19.0 Å². The first-order valence-corrected chi connectivity index (χ1v) is 13.3. The molecule has 0 amide bonds. The molecule has 1 aromatic carbocycles. The first-order chi connectivity index (χ1) is 16.6. The Morgan fingerprint density at radius 2 is 1.77 bits per heavy atom. The van der Waals surface area contributed by atoms with Gasteiger partial charge < -0.3 is 5.32 Å². The summed E-state index contributed by atoms with van der Waals surface area (Å²) in [4.78, 5) is 21.7. The highest BCUT2D eigenvalue weighted by Crippen LogP contribution is 2.46. The molecule has 3 aromatic rings. The average molecular weight is 507 g/mol. The molecule has 11 heteroatoms. The number of nitrogens with one attached hydrogen (secondary N) is 1. The van der Waals surface area contributed by atoms with Crippen LogP contribution in [0.1, 0.15) is 54.8 Å². The molecule has 1 saturated carbocycles. The van der Waals surface area contributed by atoms with E-state index >= 15 is 0 Å². The Morgan fingerprint density at radius 1 is 1.11 bits per heavy atom. The molecule has 2 aromatic heterocycles. The maximum atomic E-state index is 14.7. The van der Waals surface area contributed by atoms with Gasteiger partial charge in [0.1, 0.15) is 23.6 Å². The highest BCUT2D eigenvalue weighted by molar-refractivity contribution is 7.91. The van der Waals surface area contributed by atoms with Crippen LogP contribution in [-0.2, 0) is 16.9 Å². The second kappa shape index (κ2) is 8.61. The minimum Gasteiger partial charge on any atom is -0.363 e. The zero-order valence-electron chi connectivity index (χ0n) is 19.2. The fourth-order valence-corrected chi connectivity index (χ4v) is 7.91. The van der Waals surface area contributed by atoms with Crippen LogP contribution < -0.4 is 10.9 Å². The Bertz CT molecular complexity index is 1450. The molecule has 1 aliphatic carbocycles. The maximum absolute atomic E-state index is 14.7. The van der Waals surface area contributed by atoms with Crippen LogP contribution in [0.2, 0.25) is 0 Å². The monoisotopic (exact) mass is 506 g/mol. The number of benzene rings is 1. The van der Waals surface area contributed by atoms with Gasteiger partial charge in [-0.25, -0.2) is 31.6 Å². The van der Waals surface area contributed by atoms with Crippen molar-refractivity contribution in [3.8, 4) is 0 Å². The number of hydrogen-bond acceptors (Lipinski definition) is 6. The Hall–Kier alpha value is -2.95. The second-order valence-corrected chi connectivity index (χ2v) is 11.8. The summed E-state index contributed by atoms with van der Waals surface area (Å²) in [6.07, 6.45) is -0.389. The highest BCUT2D eigenvalue weighted by Gasteiger charge is 2.45. The highest BCUT2D eigenvalue weighted by atomic mass is 32.2. The Labute approximate surface area is 200 Å². The summed E-state index contributed by atoms with van der Waals surface area (Å²) in [7, 11) is -1.40. The normalized spacial score (nSPS) is 24.1. The van der Waals surface area contributed by atoms with E-state index in [1.165, 1.54) is 23.0 Å². The van der Waals surface area contributed by atoms with Crippen LogP contribution in [0, 0.1) is 17.7 Å². The van der Waals surface area contributed by atoms with Crippen molar-refractivity contribution in [1.82, 2.24) is 14.5 Å². The van der Waals surface area contributed by atoms with E-state index in [-0.39, 0.29) is 40.4 Å². The molecule has 186 valence electrons. The predicted molar refractivity (Wildman–Crippen MR) is 126 cm³/mol. The summed E-state index contributed by atoms with van der Waals surface area (Å²) in [5.74, 6) is -0.254. The number of aryl methyl sites for hydroxylation is 1. The fourth-order valence-electron chi connectivity index (χ4n) is 5.65. The molecule has 1 saturated heterocycles. The van der Waals surface area contributed by atoms with E-state index in [2.05, 4.69) is 15.3 Å². The van der Waals surface area contributed by atoms with E-state index in [0.717, 1.165) is 6.07 Å². The third kappa shape index (κ3) is 4.19. The molecule has 2 aliphatic rings. The summed E-state index contributed by atoms with van der Waals surface area (Å²) in [5.41, 5.74) is 0.166. The lowest BCUT2D eigenvalue weighted by Gasteiger charge is -2.19. The van der Waals surface area contributed by atoms with E-state index < -0.39 is 33.7 Å². The van der Waals surface area contributed by atoms with Gasteiger partial charge in [-0.15, -0.1) is 0 Å². The van der Waals surface area contributed by atoms with Gasteiger partial charge in [-0.2, -0.15) is 0 Å². The summed E-state index contributed by atoms with van der Waals surface area (Å²) < 4.78 is 66.4. The molecule has 1 unspecified atom stereocenters. The van der Waals surface area contributed by atoms with Crippen LogP contribution in [0.3, 0.4) is 0 Å². The Kier molecular flexibility index (Phi) is 5.85. The molecular formula is C24H25F3N4O3S. The number of rotatable bonds is 5. The topological polar surface area (TPSA) is 94.0 Å². The molecule has 1 N–H and O–H groups in total. The number of alkyl halides is 2. The molecule has 3 heterocycles. The van der Waals surface area contributed by atoms with Gasteiger partial charge in [0.15, 0.2) is 9.84 Å². The van der Waals surface area contributed by atoms with Crippen LogP contribution in [0.25, 0.3) is 11.0 Å². The summed E-state index contributed by atoms with van der Waals surface area (Å²) >= 11 is 0. The van der Waals surface area contributed by atoms with Gasteiger partial charge in [-0.3, -0.25) is 9.36 Å². The molecule has 5 rings (SSSR count). The molecule has 1 aliphatic heterocycles. The lowest BCUT2D eigenvalue weighted by atomic mass is 9.96. The number of pyridine rings is 1. The minimum absolute atomic E-state index is 0.0557. The lowest BCUT2D eigenvalue weighted by Crippen LogP contribution is -2.24. The number of anilines is 1. The third-order valence-electron chi connectivity index (χ3n) is 7.36. The van der Waals surface area contributed by atoms with Crippen LogP contribution in [0.5, 0.6) is 0 Å². The predicted octanol–water partition coefficient (Wildman–Crippen LogP) is 4.12. The van der Waals surface area contributed by atoms with Crippen molar-refractivity contribution in [2.24, 2.45) is 18.9 Å². The maximum Gasteiger partial charge on any atom is 0.266 e. The smallest absolute Gasteiger partial charge is 0.266 e. The number of hydrogen-bond donors (Lipinski definition) is 1. The van der Waals surface area contributed by atoms with Gasteiger partial charge in [0.25, 0.3) is 12.0 Å². The van der Waals surface area contributed by atoms with Gasteiger partial charge in [-0.1, -0.05) is 18.2 Å². The van der Waals surface area contributed by atoms with Gasteiger partial charge in [0, 0.05) is 18.2 Å². The molecule has 2 fully saturated rings. The van der Waals surface area contributed by atoms with Crippen LogP contribution in [-0.4, -0.2) is 34.5 Å². The number of fused-ring (bicyclic) bond motifs is 2. The Morgan fingerprint density at radius 3 is 2.43 bits per heavy atom. The quantitative estimate of drug-likeness (QED) is 0.560. The van der Waals surface area contributed by atoms with Gasteiger partial charge in [0.2, 0.25) is 0 Å². The van der Waals surface area contributed by atoms with E-state index in [1.54, 1.807) is 20.0 Å². The minimum atomic E-state index is -3.01. The number of sulfone groups is 1. The molecular weight excluding hydrogens is 481 g/mol. The van der Waals surface area contributed by atoms with E-state index in [9.17, 15) is 26.4 Å². The first-order valence-electron chi connectivity index (χ1n) is 11.4. The zero-order chi connectivity index (χ0) is 25.1. The van der Waals surface area contributed by atoms with Crippen molar-refractivity contribution in [3.63, 3.8) is 0 Å². The average Bonchev–Trinajstić information content (AvgIpc) is 3.29. The van der Waals surface area contributed by atoms with Gasteiger partial charge in [-0.05, 0) is 43.6 Å². The summed E-state index contributed by atoms with van der Waals surface area (Å²) in [6.45, 7) is 1.64. The SMILES string of the molecule is C[C@@H](Nc1ncnc2c1cc(C1C[C@@H]3CS(=O)(=O)C[C@@H]3C1)c(=O)n2C)c1cccc(C(F)F)c1F. The van der Waals surface area contributed by atoms with E-state index in [0.29, 0.717) is 35.3 Å². The molecule has 0 spiro atoms. The lowest BCUT2D eigenvalue weighted by molar-refractivity contribution is 0.146. The molecule has 7 nitrogen and oxygen atoms in total.